The van der Waals surface area contributed by atoms with Crippen molar-refractivity contribution >= 4 is 28.5 Å². The standard InChI is InChI=1S/C26H28N4O2/c1-15(27)24(31)26(25(32)16(2)28)14-6-9-21-23(26)22(17-10-12-18(29)13-11-17)19-7-4-5-8-20(19)30(21)3/h4-16H,27-29H2,1-3H3/t15-,16?,26?/m0/s1. The number of Topliss-reactive ketones (excluding diaryl/α,β-unsaturated/α-hetero) is 2. The molecular weight excluding hydrogens is 400 g/mol. The zero-order valence-corrected chi connectivity index (χ0v) is 18.5. The van der Waals surface area contributed by atoms with Crippen molar-refractivity contribution in [3.63, 3.8) is 0 Å². The summed E-state index contributed by atoms with van der Waals surface area (Å²) in [7, 11) is 1.93. The number of fused-ring (bicyclic) bond motifs is 2. The minimum atomic E-state index is -1.59. The number of allylic oxidation sites excluding steroid dienone is 4. The predicted octanol–water partition coefficient (Wildman–Crippen LogP) is 2.79. The number of anilines is 2. The summed E-state index contributed by atoms with van der Waals surface area (Å²) in [5.41, 5.74) is 22.1. The number of nitrogens with zero attached hydrogens (tertiary/aromatic N) is 1. The van der Waals surface area contributed by atoms with Gasteiger partial charge in [-0.25, -0.2) is 0 Å². The van der Waals surface area contributed by atoms with Crippen LogP contribution >= 0.6 is 0 Å². The molecule has 0 saturated carbocycles. The molecule has 0 aromatic heterocycles. The molecule has 6 heteroatoms. The van der Waals surface area contributed by atoms with Crippen LogP contribution in [0, 0.1) is 5.41 Å². The first-order valence-corrected chi connectivity index (χ1v) is 10.6. The number of rotatable bonds is 5. The van der Waals surface area contributed by atoms with Gasteiger partial charge in [0.2, 0.25) is 0 Å². The molecule has 1 aliphatic carbocycles. The summed E-state index contributed by atoms with van der Waals surface area (Å²) in [5, 5.41) is 0. The summed E-state index contributed by atoms with van der Waals surface area (Å²) in [4.78, 5) is 29.4. The molecule has 0 saturated heterocycles. The van der Waals surface area contributed by atoms with Gasteiger partial charge in [-0.2, -0.15) is 0 Å². The molecule has 0 spiro atoms. The van der Waals surface area contributed by atoms with Crippen LogP contribution in [0.1, 0.15) is 25.0 Å². The second kappa shape index (κ2) is 7.89. The van der Waals surface area contributed by atoms with Crippen LogP contribution in [0.25, 0.3) is 5.57 Å². The maximum atomic E-state index is 13.7. The van der Waals surface area contributed by atoms with Crippen LogP contribution in [0.5, 0.6) is 0 Å². The van der Waals surface area contributed by atoms with E-state index in [9.17, 15) is 9.59 Å². The molecule has 0 fully saturated rings. The van der Waals surface area contributed by atoms with E-state index in [1.54, 1.807) is 26.0 Å². The van der Waals surface area contributed by atoms with Gasteiger partial charge >= 0.3 is 0 Å². The molecular formula is C26H28N4O2. The van der Waals surface area contributed by atoms with Gasteiger partial charge in [0.05, 0.1) is 12.1 Å². The highest BCUT2D eigenvalue weighted by atomic mass is 16.2. The third kappa shape index (κ3) is 3.11. The molecule has 3 atom stereocenters. The summed E-state index contributed by atoms with van der Waals surface area (Å²) in [6.45, 7) is 3.21. The smallest absolute Gasteiger partial charge is 0.171 e. The minimum Gasteiger partial charge on any atom is -0.399 e. The molecule has 2 unspecified atom stereocenters. The number of likely N-dealkylation sites (N-methyl/N-ethyl adjacent to an activating group) is 1. The predicted molar refractivity (Wildman–Crippen MR) is 129 cm³/mol. The number of hydrogen-bond donors (Lipinski definition) is 3. The third-order valence-electron chi connectivity index (χ3n) is 6.20. The Labute approximate surface area is 188 Å². The first-order chi connectivity index (χ1) is 15.2. The minimum absolute atomic E-state index is 0.377. The summed E-state index contributed by atoms with van der Waals surface area (Å²) in [5.74, 6) is -0.755. The Bertz CT molecular complexity index is 1170. The van der Waals surface area contributed by atoms with Crippen LogP contribution < -0.4 is 22.1 Å². The molecule has 2 aliphatic rings. The van der Waals surface area contributed by atoms with Gasteiger partial charge in [-0.3, -0.25) is 9.59 Å². The van der Waals surface area contributed by atoms with Crippen LogP contribution in [-0.2, 0) is 9.59 Å². The van der Waals surface area contributed by atoms with Gasteiger partial charge in [-0.15, -0.1) is 0 Å². The highest BCUT2D eigenvalue weighted by Gasteiger charge is 2.53. The highest BCUT2D eigenvalue weighted by Crippen LogP contribution is 2.52. The van der Waals surface area contributed by atoms with Gasteiger partial charge in [-0.05, 0) is 49.3 Å². The molecule has 1 aliphatic heterocycles. The van der Waals surface area contributed by atoms with E-state index in [1.165, 1.54) is 0 Å². The van der Waals surface area contributed by atoms with Crippen molar-refractivity contribution in [1.29, 1.82) is 0 Å². The number of carbonyl (C=O) groups is 2. The topological polar surface area (TPSA) is 115 Å². The summed E-state index contributed by atoms with van der Waals surface area (Å²) >= 11 is 0. The van der Waals surface area contributed by atoms with Crippen molar-refractivity contribution in [2.24, 2.45) is 16.9 Å². The van der Waals surface area contributed by atoms with E-state index < -0.39 is 17.5 Å². The number of benzene rings is 2. The normalized spacial score (nSPS) is 21.4. The van der Waals surface area contributed by atoms with Crippen molar-refractivity contribution < 1.29 is 9.59 Å². The second-order valence-corrected chi connectivity index (χ2v) is 8.47. The first kappa shape index (κ1) is 21.7. The molecule has 6 N–H and O–H groups in total. The number of ketones is 2. The van der Waals surface area contributed by atoms with Crippen LogP contribution in [0.3, 0.4) is 0 Å². The summed E-state index contributed by atoms with van der Waals surface area (Å²) < 4.78 is 0. The average Bonchev–Trinajstić information content (AvgIpc) is 2.79. The van der Waals surface area contributed by atoms with E-state index in [2.05, 4.69) is 0 Å². The fourth-order valence-corrected chi connectivity index (χ4v) is 4.70. The summed E-state index contributed by atoms with van der Waals surface area (Å²) in [6.07, 6.45) is 5.33. The van der Waals surface area contributed by atoms with Gasteiger partial charge < -0.3 is 22.1 Å². The molecule has 0 radical (unpaired) electrons. The Morgan fingerprint density at radius 1 is 0.938 bits per heavy atom. The number of carbonyl (C=O) groups excluding carboxylic acids is 2. The van der Waals surface area contributed by atoms with Gasteiger partial charge in [0, 0.05) is 35.3 Å². The van der Waals surface area contributed by atoms with Crippen LogP contribution in [0.2, 0.25) is 0 Å². The molecule has 32 heavy (non-hydrogen) atoms. The van der Waals surface area contributed by atoms with Gasteiger partial charge in [0.25, 0.3) is 0 Å². The lowest BCUT2D eigenvalue weighted by Gasteiger charge is -2.44. The quantitative estimate of drug-likeness (QED) is 0.498. The number of nitrogens with two attached hydrogens (primary N) is 3. The monoisotopic (exact) mass is 428 g/mol. The van der Waals surface area contributed by atoms with E-state index >= 15 is 0 Å². The highest BCUT2D eigenvalue weighted by molar-refractivity contribution is 6.19. The van der Waals surface area contributed by atoms with E-state index in [-0.39, 0.29) is 11.6 Å². The second-order valence-electron chi connectivity index (χ2n) is 8.47. The maximum Gasteiger partial charge on any atom is 0.171 e. The van der Waals surface area contributed by atoms with Crippen molar-refractivity contribution in [1.82, 2.24) is 0 Å². The Morgan fingerprint density at radius 3 is 2.12 bits per heavy atom. The molecule has 4 rings (SSSR count). The lowest BCUT2D eigenvalue weighted by atomic mass is 9.63. The van der Waals surface area contributed by atoms with Crippen molar-refractivity contribution in [3.05, 3.63) is 89.2 Å². The zero-order chi connectivity index (χ0) is 23.2. The lowest BCUT2D eigenvalue weighted by molar-refractivity contribution is -0.136. The van der Waals surface area contributed by atoms with Gasteiger partial charge in [0.1, 0.15) is 5.41 Å². The molecule has 0 amide bonds. The van der Waals surface area contributed by atoms with E-state index in [1.807, 2.05) is 66.6 Å². The number of para-hydroxylation sites is 1. The summed E-state index contributed by atoms with van der Waals surface area (Å²) in [6, 6.07) is 13.7. The Morgan fingerprint density at radius 2 is 1.53 bits per heavy atom. The third-order valence-corrected chi connectivity index (χ3v) is 6.20. The van der Waals surface area contributed by atoms with E-state index in [4.69, 9.17) is 17.2 Å². The molecule has 2 aromatic rings. The maximum absolute atomic E-state index is 13.7. The van der Waals surface area contributed by atoms with Gasteiger partial charge in [-0.1, -0.05) is 42.5 Å². The molecule has 2 aromatic carbocycles. The van der Waals surface area contributed by atoms with E-state index in [0.717, 1.165) is 28.1 Å². The van der Waals surface area contributed by atoms with Gasteiger partial charge in [0.15, 0.2) is 11.6 Å². The lowest BCUT2D eigenvalue weighted by Crippen LogP contribution is -2.54. The average molecular weight is 429 g/mol. The van der Waals surface area contributed by atoms with Crippen LogP contribution in [0.4, 0.5) is 11.4 Å². The van der Waals surface area contributed by atoms with Crippen molar-refractivity contribution in [3.8, 4) is 0 Å². The zero-order valence-electron chi connectivity index (χ0n) is 18.5. The molecule has 1 heterocycles. The van der Waals surface area contributed by atoms with E-state index in [0.29, 0.717) is 11.3 Å². The van der Waals surface area contributed by atoms with Crippen LogP contribution in [0.15, 0.2) is 78.0 Å². The Kier molecular flexibility index (Phi) is 5.36. The largest absolute Gasteiger partial charge is 0.399 e. The van der Waals surface area contributed by atoms with Crippen molar-refractivity contribution in [2.45, 2.75) is 25.9 Å². The SMILES string of the molecule is CC(N)C(=O)C1(C(=O)[C@H](C)N)C=CC=C2C1=C(c1ccc(N)cc1)c1ccccc1N2C. The number of nitrogen functional groups attached to an aromatic ring is 1. The fourth-order valence-electron chi connectivity index (χ4n) is 4.70. The molecule has 6 nitrogen and oxygen atoms in total. The fraction of sp³-hybridized carbons (Fsp3) is 0.231. The number of hydrogen-bond acceptors (Lipinski definition) is 6. The Balaban J connectivity index is 2.18. The molecule has 0 bridgehead atoms. The molecule has 164 valence electrons. The Hall–Kier alpha value is -3.48. The van der Waals surface area contributed by atoms with Crippen molar-refractivity contribution in [2.75, 3.05) is 17.7 Å². The van der Waals surface area contributed by atoms with Crippen LogP contribution in [-0.4, -0.2) is 30.7 Å². The first-order valence-electron chi connectivity index (χ1n) is 10.6.